The summed E-state index contributed by atoms with van der Waals surface area (Å²) in [5, 5.41) is 23.7. The number of esters is 1. The van der Waals surface area contributed by atoms with Gasteiger partial charge >= 0.3 is 5.97 Å². The van der Waals surface area contributed by atoms with Crippen LogP contribution in [0.3, 0.4) is 0 Å². The molecule has 0 spiro atoms. The fourth-order valence-corrected chi connectivity index (χ4v) is 11.4. The van der Waals surface area contributed by atoms with Gasteiger partial charge in [-0.15, -0.1) is 0 Å². The van der Waals surface area contributed by atoms with Gasteiger partial charge in [-0.3, -0.25) is 18.9 Å². The number of fused-ring (bicyclic) bond motifs is 3. The van der Waals surface area contributed by atoms with Gasteiger partial charge in [-0.1, -0.05) is 77.7 Å². The average molecular weight is 991 g/mol. The van der Waals surface area contributed by atoms with E-state index in [1.807, 2.05) is 32.1 Å². The van der Waals surface area contributed by atoms with Crippen LogP contribution in [0.4, 0.5) is 0 Å². The van der Waals surface area contributed by atoms with E-state index >= 15 is 0 Å². The van der Waals surface area contributed by atoms with Gasteiger partial charge in [0.1, 0.15) is 30.1 Å². The van der Waals surface area contributed by atoms with Crippen LogP contribution in [0.25, 0.3) is 0 Å². The molecule has 0 aromatic heterocycles. The highest BCUT2D eigenvalue weighted by atomic mass is 31.2. The highest BCUT2D eigenvalue weighted by Gasteiger charge is 2.53. The fraction of sp³-hybridized carbons (Fsp3) is 0.741. The number of allylic oxidation sites excluding steroid dienone is 6. The number of cyclic esters (lactones) is 1. The van der Waals surface area contributed by atoms with Crippen molar-refractivity contribution in [1.82, 2.24) is 4.90 Å². The average Bonchev–Trinajstić information content (AvgIpc) is 3.30. The molecule has 0 aromatic carbocycles. The number of carbonyl (C=O) groups is 4. The smallest absolute Gasteiger partial charge is 0.329 e. The summed E-state index contributed by atoms with van der Waals surface area (Å²) in [6.45, 7) is 20.3. The third-order valence-electron chi connectivity index (χ3n) is 14.9. The van der Waals surface area contributed by atoms with E-state index in [0.29, 0.717) is 61.7 Å². The molecule has 2 N–H and O–H groups in total. The molecule has 15 heteroatoms. The van der Waals surface area contributed by atoms with Crippen LogP contribution in [0.1, 0.15) is 130 Å². The standard InChI is InChI=1S/C54H86NO13P/c1-33-19-15-14-16-20-34(2)46(63-9)31-42-24-22-39(7)54(61,67-42)51(58)52(59)55-26-18-17-21-43(55)53(60)66-47(37(5)29-41-23-25-45(48(30-41)64-10)68-69(12,13)62)32-44(56)36(4)28-38(6)49(57)50(65-11)40(8)35(3)27-33/h14-16,19-20,28,33,35-37,39,41-43,45-50,57,61H,8,17-18,21-27,29-32H2,1-7,9-13H3/b16-14?,19-15+,34-20?,38-28+/t33-,35-,36-,37-,39-,41+,42+,43+,45-,46+,47+,48-,49-,50+,54-/m1/s1/i9D3. The van der Waals surface area contributed by atoms with Crippen LogP contribution in [0, 0.1) is 35.5 Å². The number of aliphatic hydroxyl groups is 2. The minimum absolute atomic E-state index is 0.0285. The Kier molecular flexibility index (Phi) is 20.7. The predicted molar refractivity (Wildman–Crippen MR) is 268 cm³/mol. The summed E-state index contributed by atoms with van der Waals surface area (Å²) in [5.41, 5.74) is 1.76. The lowest BCUT2D eigenvalue weighted by Gasteiger charge is -2.42. The Hall–Kier alpha value is -3.07. The summed E-state index contributed by atoms with van der Waals surface area (Å²) < 4.78 is 71.9. The summed E-state index contributed by atoms with van der Waals surface area (Å²) in [7, 11) is -2.48. The van der Waals surface area contributed by atoms with Crippen LogP contribution >= 0.6 is 7.37 Å². The largest absolute Gasteiger partial charge is 0.460 e. The van der Waals surface area contributed by atoms with Gasteiger partial charge in [-0.25, -0.2) is 4.79 Å². The molecular formula is C54H86NO13P. The molecule has 69 heavy (non-hydrogen) atoms. The number of carbonyl (C=O) groups excluding carboxylic acids is 4. The van der Waals surface area contributed by atoms with E-state index in [1.165, 1.54) is 7.11 Å². The maximum absolute atomic E-state index is 14.5. The molecule has 14 nitrogen and oxygen atoms in total. The van der Waals surface area contributed by atoms with Crippen LogP contribution in [-0.4, -0.2) is 134 Å². The number of ether oxygens (including phenoxy) is 5. The molecule has 0 unspecified atom stereocenters. The van der Waals surface area contributed by atoms with Crippen molar-refractivity contribution in [2.75, 3.05) is 41.1 Å². The molecule has 2 saturated heterocycles. The van der Waals surface area contributed by atoms with Crippen LogP contribution in [0.5, 0.6) is 0 Å². The summed E-state index contributed by atoms with van der Waals surface area (Å²) in [4.78, 5) is 58.7. The Morgan fingerprint density at radius 1 is 0.928 bits per heavy atom. The molecule has 4 aliphatic rings. The molecule has 3 aliphatic heterocycles. The van der Waals surface area contributed by atoms with Crippen LogP contribution < -0.4 is 0 Å². The van der Waals surface area contributed by atoms with Gasteiger partial charge < -0.3 is 43.3 Å². The SMILES string of the molecule is [2H]C([2H])([2H])O[C@H]1C[C@@H]2CC[C@@H](C)[C@@](O)(O2)C(=O)C(=O)N2CCCC[C@H]2C(=O)O[C@H]([C@H](C)C[C@@H]2CC[C@@H](OP(C)(C)=O)[C@H](OC)C2)CC(=O)[C@H](C)/C=C(\C)[C@@H](O)[C@@H](OC)C(=C)[C@H](C)C[C@H](C)/C=C/C=CC=C1C. The van der Waals surface area contributed by atoms with Gasteiger partial charge in [0.05, 0.1) is 28.5 Å². The first-order chi connectivity index (χ1) is 33.6. The Morgan fingerprint density at radius 2 is 1.65 bits per heavy atom. The van der Waals surface area contributed by atoms with E-state index in [-0.39, 0.29) is 73.9 Å². The Morgan fingerprint density at radius 3 is 2.32 bits per heavy atom. The first kappa shape index (κ1) is 53.7. The number of hydrogen-bond acceptors (Lipinski definition) is 13. The normalized spacial score (nSPS) is 38.6. The van der Waals surface area contributed by atoms with Crippen LogP contribution in [-0.2, 0) is 52.0 Å². The van der Waals surface area contributed by atoms with E-state index < -0.39 is 86.3 Å². The third-order valence-corrected chi connectivity index (χ3v) is 15.7. The van der Waals surface area contributed by atoms with Crippen molar-refractivity contribution in [3.8, 4) is 0 Å². The Bertz CT molecular complexity index is 2050. The molecule has 3 heterocycles. The molecule has 390 valence electrons. The van der Waals surface area contributed by atoms with Gasteiger partial charge in [-0.2, -0.15) is 0 Å². The van der Waals surface area contributed by atoms with Crippen molar-refractivity contribution in [3.05, 3.63) is 59.8 Å². The number of hydrogen-bond donors (Lipinski definition) is 2. The number of nitrogens with zero attached hydrogens (tertiary/aromatic N) is 1. The summed E-state index contributed by atoms with van der Waals surface area (Å²) in [5.74, 6) is -7.77. The van der Waals surface area contributed by atoms with Gasteiger partial charge in [0.15, 0.2) is 7.37 Å². The number of piperidine rings is 1. The zero-order valence-electron chi connectivity index (χ0n) is 46.2. The lowest BCUT2D eigenvalue weighted by Crippen LogP contribution is -2.61. The topological polar surface area (TPSA) is 184 Å². The predicted octanol–water partition coefficient (Wildman–Crippen LogP) is 8.73. The van der Waals surface area contributed by atoms with E-state index in [1.54, 1.807) is 66.4 Å². The number of Topliss-reactive ketones (excluding diaryl/α,β-unsaturated/α-hetero) is 2. The zero-order chi connectivity index (χ0) is 53.9. The van der Waals surface area contributed by atoms with Gasteiger partial charge in [-0.05, 0) is 118 Å². The second-order valence-corrected chi connectivity index (χ2v) is 23.7. The molecule has 1 aliphatic carbocycles. The number of amides is 1. The summed E-state index contributed by atoms with van der Waals surface area (Å²) in [6, 6.07) is -1.20. The van der Waals surface area contributed by atoms with Gasteiger partial charge in [0, 0.05) is 65.8 Å². The fourth-order valence-electron chi connectivity index (χ4n) is 10.5. The van der Waals surface area contributed by atoms with E-state index in [2.05, 4.69) is 13.5 Å². The van der Waals surface area contributed by atoms with Crippen molar-refractivity contribution in [1.29, 1.82) is 0 Å². The molecule has 2 bridgehead atoms. The van der Waals surface area contributed by atoms with Crippen molar-refractivity contribution in [3.63, 3.8) is 0 Å². The summed E-state index contributed by atoms with van der Waals surface area (Å²) >= 11 is 0. The number of methoxy groups -OCH3 is 3. The van der Waals surface area contributed by atoms with Crippen molar-refractivity contribution in [2.24, 2.45) is 35.5 Å². The van der Waals surface area contributed by atoms with E-state index in [0.717, 1.165) is 11.3 Å². The maximum atomic E-state index is 14.5. The summed E-state index contributed by atoms with van der Waals surface area (Å²) in [6.07, 6.45) is 10.3. The number of aliphatic hydroxyl groups excluding tert-OH is 1. The van der Waals surface area contributed by atoms with E-state index in [4.69, 9.17) is 32.3 Å². The second-order valence-electron chi connectivity index (χ2n) is 21.0. The first-order valence-corrected chi connectivity index (χ1v) is 27.6. The lowest BCUT2D eigenvalue weighted by atomic mass is 9.78. The number of rotatable bonds is 8. The molecule has 0 radical (unpaired) electrons. The van der Waals surface area contributed by atoms with E-state index in [9.17, 15) is 34.0 Å². The molecule has 1 saturated carbocycles. The monoisotopic (exact) mass is 991 g/mol. The van der Waals surface area contributed by atoms with Crippen molar-refractivity contribution >= 4 is 30.8 Å². The maximum Gasteiger partial charge on any atom is 0.329 e. The molecule has 0 aromatic rings. The first-order valence-electron chi connectivity index (χ1n) is 26.6. The second kappa shape index (κ2) is 26.6. The molecular weight excluding hydrogens is 902 g/mol. The quantitative estimate of drug-likeness (QED) is 0.102. The van der Waals surface area contributed by atoms with Crippen molar-refractivity contribution in [2.45, 2.75) is 180 Å². The minimum atomic E-state index is -2.80. The van der Waals surface area contributed by atoms with Crippen LogP contribution in [0.2, 0.25) is 0 Å². The Labute approximate surface area is 417 Å². The van der Waals surface area contributed by atoms with Gasteiger partial charge in [0.2, 0.25) is 5.79 Å². The molecule has 3 fully saturated rings. The highest BCUT2D eigenvalue weighted by molar-refractivity contribution is 7.57. The Balaban J connectivity index is 1.73. The van der Waals surface area contributed by atoms with Gasteiger partial charge in [0.25, 0.3) is 11.7 Å². The third kappa shape index (κ3) is 16.2. The molecule has 4 rings (SSSR count). The molecule has 15 atom stereocenters. The van der Waals surface area contributed by atoms with Crippen molar-refractivity contribution < 1.29 is 66.3 Å². The van der Waals surface area contributed by atoms with Crippen LogP contribution in [0.15, 0.2) is 59.8 Å². The minimum Gasteiger partial charge on any atom is -0.460 e. The molecule has 1 amide bonds. The lowest BCUT2D eigenvalue weighted by molar-refractivity contribution is -0.265. The zero-order valence-corrected chi connectivity index (χ0v) is 44.1. The highest BCUT2D eigenvalue weighted by Crippen LogP contribution is 2.45. The number of ketones is 2.